The van der Waals surface area contributed by atoms with E-state index in [-0.39, 0.29) is 5.91 Å². The number of hydrogen-bond acceptors (Lipinski definition) is 4. The van der Waals surface area contributed by atoms with Crippen LogP contribution in [-0.4, -0.2) is 56.3 Å². The molecule has 0 fully saturated rings. The molecule has 1 aromatic rings. The lowest BCUT2D eigenvalue weighted by Gasteiger charge is -2.22. The normalized spacial score (nSPS) is 10.6. The lowest BCUT2D eigenvalue weighted by atomic mass is 10.2. The molecule has 1 rings (SSSR count). The molecule has 0 radical (unpaired) electrons. The first-order valence-corrected chi connectivity index (χ1v) is 6.87. The first-order valence-electron chi connectivity index (χ1n) is 6.49. The molecule has 0 aliphatic carbocycles. The van der Waals surface area contributed by atoms with Crippen LogP contribution < -0.4 is 0 Å². The Morgan fingerprint density at radius 2 is 2.00 bits per heavy atom. The maximum atomic E-state index is 12.5. The number of aryl methyl sites for hydroxylation is 1. The average molecular weight is 301 g/mol. The quantitative estimate of drug-likeness (QED) is 0.691. The van der Waals surface area contributed by atoms with Crippen molar-refractivity contribution in [2.24, 2.45) is 0 Å². The van der Waals surface area contributed by atoms with Crippen molar-refractivity contribution in [3.8, 4) is 0 Å². The molecule has 1 aromatic heterocycles. The van der Waals surface area contributed by atoms with E-state index in [1.54, 1.807) is 25.2 Å². The fraction of sp³-hybridized carbons (Fsp3) is 0.571. The van der Waals surface area contributed by atoms with Crippen LogP contribution in [0.1, 0.15) is 22.5 Å². The Hall–Kier alpha value is -1.17. The van der Waals surface area contributed by atoms with E-state index >= 15 is 0 Å². The van der Waals surface area contributed by atoms with Gasteiger partial charge in [0.2, 0.25) is 0 Å². The van der Waals surface area contributed by atoms with E-state index < -0.39 is 0 Å². The lowest BCUT2D eigenvalue weighted by Crippen LogP contribution is -2.35. The molecule has 6 heteroatoms. The minimum absolute atomic E-state index is 0.129. The third-order valence-corrected chi connectivity index (χ3v) is 3.16. The highest BCUT2D eigenvalue weighted by Gasteiger charge is 2.18. The molecule has 0 saturated carbocycles. The SMILES string of the molecule is COCCCN(CCOC)C(=O)c1cnc(C)cc1Cl. The number of rotatable bonds is 8. The van der Waals surface area contributed by atoms with Crippen molar-refractivity contribution in [2.45, 2.75) is 13.3 Å². The van der Waals surface area contributed by atoms with Gasteiger partial charge in [0.25, 0.3) is 5.91 Å². The number of pyridine rings is 1. The fourth-order valence-electron chi connectivity index (χ4n) is 1.77. The zero-order valence-electron chi connectivity index (χ0n) is 12.2. The number of carbonyl (C=O) groups excluding carboxylic acids is 1. The molecular formula is C14H21ClN2O3. The number of hydrogen-bond donors (Lipinski definition) is 0. The average Bonchev–Trinajstić information content (AvgIpc) is 2.42. The number of methoxy groups -OCH3 is 2. The monoisotopic (exact) mass is 300 g/mol. The molecule has 0 spiro atoms. The van der Waals surface area contributed by atoms with Crippen LogP contribution in [-0.2, 0) is 9.47 Å². The Bertz CT molecular complexity index is 440. The zero-order valence-corrected chi connectivity index (χ0v) is 12.9. The second-order valence-electron chi connectivity index (χ2n) is 4.44. The molecule has 1 heterocycles. The van der Waals surface area contributed by atoms with Gasteiger partial charge in [-0.25, -0.2) is 0 Å². The van der Waals surface area contributed by atoms with Crippen molar-refractivity contribution in [3.05, 3.63) is 28.5 Å². The third kappa shape index (κ3) is 5.07. The summed E-state index contributed by atoms with van der Waals surface area (Å²) < 4.78 is 10.1. The summed E-state index contributed by atoms with van der Waals surface area (Å²) in [6, 6.07) is 1.69. The number of amides is 1. The second kappa shape index (κ2) is 8.89. The zero-order chi connectivity index (χ0) is 15.0. The van der Waals surface area contributed by atoms with Crippen LogP contribution in [0.15, 0.2) is 12.3 Å². The summed E-state index contributed by atoms with van der Waals surface area (Å²) in [6.45, 7) is 4.04. The third-order valence-electron chi connectivity index (χ3n) is 2.85. The Morgan fingerprint density at radius 1 is 1.30 bits per heavy atom. The predicted octanol–water partition coefficient (Wildman–Crippen LogP) is 2.17. The van der Waals surface area contributed by atoms with Crippen LogP contribution in [0, 0.1) is 6.92 Å². The highest BCUT2D eigenvalue weighted by atomic mass is 35.5. The number of carbonyl (C=O) groups is 1. The van der Waals surface area contributed by atoms with Crippen LogP contribution in [0.2, 0.25) is 5.02 Å². The van der Waals surface area contributed by atoms with Gasteiger partial charge in [-0.05, 0) is 19.4 Å². The topological polar surface area (TPSA) is 51.7 Å². The number of nitrogens with zero attached hydrogens (tertiary/aromatic N) is 2. The number of halogens is 1. The molecule has 0 aromatic carbocycles. The van der Waals surface area contributed by atoms with Gasteiger partial charge < -0.3 is 14.4 Å². The molecule has 112 valence electrons. The van der Waals surface area contributed by atoms with Crippen LogP contribution in [0.4, 0.5) is 0 Å². The van der Waals surface area contributed by atoms with Gasteiger partial charge in [0.05, 0.1) is 17.2 Å². The van der Waals surface area contributed by atoms with Gasteiger partial charge >= 0.3 is 0 Å². The number of ether oxygens (including phenoxy) is 2. The van der Waals surface area contributed by atoms with Crippen molar-refractivity contribution >= 4 is 17.5 Å². The maximum absolute atomic E-state index is 12.5. The molecule has 0 saturated heterocycles. The molecule has 0 atom stereocenters. The van der Waals surface area contributed by atoms with E-state index in [1.165, 1.54) is 6.20 Å². The molecule has 20 heavy (non-hydrogen) atoms. The molecule has 0 aliphatic heterocycles. The molecule has 0 unspecified atom stereocenters. The van der Waals surface area contributed by atoms with Crippen molar-refractivity contribution in [2.75, 3.05) is 40.5 Å². The number of aromatic nitrogens is 1. The summed E-state index contributed by atoms with van der Waals surface area (Å²) in [4.78, 5) is 18.3. The molecule has 1 amide bonds. The van der Waals surface area contributed by atoms with E-state index in [2.05, 4.69) is 4.98 Å². The Morgan fingerprint density at radius 3 is 2.60 bits per heavy atom. The van der Waals surface area contributed by atoms with E-state index in [9.17, 15) is 4.79 Å². The van der Waals surface area contributed by atoms with E-state index in [0.717, 1.165) is 12.1 Å². The fourth-order valence-corrected chi connectivity index (χ4v) is 2.06. The summed E-state index contributed by atoms with van der Waals surface area (Å²) in [5, 5.41) is 0.427. The molecular weight excluding hydrogens is 280 g/mol. The minimum atomic E-state index is -0.129. The molecule has 0 N–H and O–H groups in total. The van der Waals surface area contributed by atoms with Crippen LogP contribution in [0.25, 0.3) is 0 Å². The summed E-state index contributed by atoms with van der Waals surface area (Å²) >= 11 is 6.12. The smallest absolute Gasteiger partial charge is 0.257 e. The molecule has 5 nitrogen and oxygen atoms in total. The minimum Gasteiger partial charge on any atom is -0.385 e. The highest BCUT2D eigenvalue weighted by Crippen LogP contribution is 2.17. The highest BCUT2D eigenvalue weighted by molar-refractivity contribution is 6.33. The van der Waals surface area contributed by atoms with Crippen LogP contribution >= 0.6 is 11.6 Å². The molecule has 0 aliphatic rings. The van der Waals surface area contributed by atoms with Crippen LogP contribution in [0.3, 0.4) is 0 Å². The van der Waals surface area contributed by atoms with Crippen molar-refractivity contribution in [3.63, 3.8) is 0 Å². The largest absolute Gasteiger partial charge is 0.385 e. The lowest BCUT2D eigenvalue weighted by molar-refractivity contribution is 0.0674. The van der Waals surface area contributed by atoms with Gasteiger partial charge in [0.1, 0.15) is 0 Å². The Kier molecular flexibility index (Phi) is 7.51. The van der Waals surface area contributed by atoms with E-state index in [0.29, 0.717) is 36.9 Å². The first kappa shape index (κ1) is 16.9. The van der Waals surface area contributed by atoms with Gasteiger partial charge in [0, 0.05) is 45.8 Å². The Balaban J connectivity index is 2.79. The van der Waals surface area contributed by atoms with Gasteiger partial charge in [-0.1, -0.05) is 11.6 Å². The van der Waals surface area contributed by atoms with Crippen molar-refractivity contribution in [1.29, 1.82) is 0 Å². The predicted molar refractivity (Wildman–Crippen MR) is 78.3 cm³/mol. The summed E-state index contributed by atoms with van der Waals surface area (Å²) in [6.07, 6.45) is 2.29. The summed E-state index contributed by atoms with van der Waals surface area (Å²) in [5.74, 6) is -0.129. The van der Waals surface area contributed by atoms with Gasteiger partial charge in [-0.2, -0.15) is 0 Å². The summed E-state index contributed by atoms with van der Waals surface area (Å²) in [7, 11) is 3.25. The standard InChI is InChI=1S/C14H21ClN2O3/c1-11-9-13(15)12(10-16-11)14(18)17(6-8-20-3)5-4-7-19-2/h9-10H,4-8H2,1-3H3. The van der Waals surface area contributed by atoms with Gasteiger partial charge in [-0.15, -0.1) is 0 Å². The van der Waals surface area contributed by atoms with E-state index in [1.807, 2.05) is 6.92 Å². The van der Waals surface area contributed by atoms with Crippen molar-refractivity contribution in [1.82, 2.24) is 9.88 Å². The summed E-state index contributed by atoms with van der Waals surface area (Å²) in [5.41, 5.74) is 1.21. The second-order valence-corrected chi connectivity index (χ2v) is 4.84. The first-order chi connectivity index (χ1) is 9.60. The maximum Gasteiger partial charge on any atom is 0.257 e. The van der Waals surface area contributed by atoms with Gasteiger partial charge in [0.15, 0.2) is 0 Å². The molecule has 0 bridgehead atoms. The van der Waals surface area contributed by atoms with Gasteiger partial charge in [-0.3, -0.25) is 9.78 Å². The van der Waals surface area contributed by atoms with Crippen LogP contribution in [0.5, 0.6) is 0 Å². The Labute approximate surface area is 124 Å². The van der Waals surface area contributed by atoms with Crippen molar-refractivity contribution < 1.29 is 14.3 Å². The van der Waals surface area contributed by atoms with E-state index in [4.69, 9.17) is 21.1 Å².